The van der Waals surface area contributed by atoms with E-state index in [1.165, 1.54) is 0 Å². The van der Waals surface area contributed by atoms with Gasteiger partial charge in [-0.1, -0.05) is 64.4 Å². The van der Waals surface area contributed by atoms with E-state index in [4.69, 9.17) is 17.2 Å². The SMILES string of the molecule is CC[C@H](C)[C@H](NC(=O)CNC(=O)CNC(=O)[C@@H](N)CCCN=C(N)N)C(=O)N[C@@H](CS)C(=O)N[C@@H](CC(C)C)C(=O)N[C@@H](Cc1ccccc1)C(=O)O. The van der Waals surface area contributed by atoms with Crippen LogP contribution in [0.15, 0.2) is 35.3 Å². The Labute approximate surface area is 315 Å². The first kappa shape index (κ1) is 46.1. The van der Waals surface area contributed by atoms with Crippen molar-refractivity contribution in [2.45, 2.75) is 90.0 Å². The average molecular weight is 765 g/mol. The number of aliphatic imine (C=N–C) groups is 1. The minimum Gasteiger partial charge on any atom is -0.480 e. The van der Waals surface area contributed by atoms with Crippen LogP contribution in [0.4, 0.5) is 0 Å². The van der Waals surface area contributed by atoms with Crippen molar-refractivity contribution < 1.29 is 38.7 Å². The Morgan fingerprint density at radius 1 is 0.792 bits per heavy atom. The van der Waals surface area contributed by atoms with Crippen molar-refractivity contribution in [3.8, 4) is 0 Å². The molecule has 0 saturated carbocycles. The van der Waals surface area contributed by atoms with Crippen LogP contribution in [-0.4, -0.2) is 108 Å². The van der Waals surface area contributed by atoms with Crippen molar-refractivity contribution in [1.29, 1.82) is 0 Å². The molecule has 0 saturated heterocycles. The lowest BCUT2D eigenvalue weighted by Crippen LogP contribution is -2.59. The molecule has 0 spiro atoms. The summed E-state index contributed by atoms with van der Waals surface area (Å²) in [5.41, 5.74) is 17.0. The van der Waals surface area contributed by atoms with Gasteiger partial charge in [-0.25, -0.2) is 4.79 Å². The fraction of sp³-hybridized carbons (Fsp3) is 0.588. The molecule has 0 heterocycles. The van der Waals surface area contributed by atoms with E-state index < -0.39 is 90.6 Å². The van der Waals surface area contributed by atoms with Gasteiger partial charge in [0.25, 0.3) is 0 Å². The zero-order valence-electron chi connectivity index (χ0n) is 30.7. The highest BCUT2D eigenvalue weighted by atomic mass is 32.1. The highest BCUT2D eigenvalue weighted by Crippen LogP contribution is 2.11. The van der Waals surface area contributed by atoms with E-state index >= 15 is 0 Å². The molecule has 0 aliphatic carbocycles. The van der Waals surface area contributed by atoms with Crippen LogP contribution in [0.3, 0.4) is 0 Å². The van der Waals surface area contributed by atoms with E-state index in [-0.39, 0.29) is 36.9 Å². The fourth-order valence-electron chi connectivity index (χ4n) is 4.87. The number of hydrogen-bond donors (Lipinski definition) is 11. The lowest BCUT2D eigenvalue weighted by Gasteiger charge is -2.28. The zero-order chi connectivity index (χ0) is 40.1. The summed E-state index contributed by atoms with van der Waals surface area (Å²) >= 11 is 4.22. The van der Waals surface area contributed by atoms with E-state index in [1.54, 1.807) is 44.2 Å². The first-order valence-electron chi connectivity index (χ1n) is 17.4. The van der Waals surface area contributed by atoms with Crippen molar-refractivity contribution in [3.05, 3.63) is 35.9 Å². The second-order valence-corrected chi connectivity index (χ2v) is 13.4. The number of rotatable bonds is 24. The van der Waals surface area contributed by atoms with Crippen LogP contribution >= 0.6 is 12.6 Å². The van der Waals surface area contributed by atoms with Crippen molar-refractivity contribution in [1.82, 2.24) is 31.9 Å². The molecule has 1 rings (SSSR count). The number of carbonyl (C=O) groups excluding carboxylic acids is 6. The minimum absolute atomic E-state index is 0.0287. The molecule has 6 amide bonds. The van der Waals surface area contributed by atoms with Gasteiger partial charge in [0.1, 0.15) is 24.2 Å². The molecule has 6 atom stereocenters. The molecule has 53 heavy (non-hydrogen) atoms. The summed E-state index contributed by atoms with van der Waals surface area (Å²) in [5, 5.41) is 24.8. The fourth-order valence-corrected chi connectivity index (χ4v) is 5.13. The molecule has 1 aromatic carbocycles. The molecule has 0 radical (unpaired) electrons. The number of amides is 6. The highest BCUT2D eigenvalue weighted by molar-refractivity contribution is 7.80. The monoisotopic (exact) mass is 764 g/mol. The van der Waals surface area contributed by atoms with E-state index in [1.807, 2.05) is 13.8 Å². The molecule has 1 aromatic rings. The largest absolute Gasteiger partial charge is 0.480 e. The van der Waals surface area contributed by atoms with Gasteiger partial charge in [-0.15, -0.1) is 0 Å². The van der Waals surface area contributed by atoms with Crippen LogP contribution in [0.2, 0.25) is 0 Å². The number of carboxylic acids is 1. The van der Waals surface area contributed by atoms with Gasteiger partial charge in [-0.2, -0.15) is 12.6 Å². The average Bonchev–Trinajstić information content (AvgIpc) is 3.11. The molecule has 19 heteroatoms. The van der Waals surface area contributed by atoms with E-state index in [0.29, 0.717) is 24.9 Å². The third kappa shape index (κ3) is 18.4. The van der Waals surface area contributed by atoms with E-state index in [9.17, 15) is 38.7 Å². The lowest BCUT2D eigenvalue weighted by molar-refractivity contribution is -0.142. The molecule has 0 aliphatic heterocycles. The molecule has 0 aromatic heterocycles. The van der Waals surface area contributed by atoms with Gasteiger partial charge in [-0.3, -0.25) is 33.8 Å². The third-order valence-electron chi connectivity index (χ3n) is 8.04. The summed E-state index contributed by atoms with van der Waals surface area (Å²) < 4.78 is 0. The molecule has 0 unspecified atom stereocenters. The number of nitrogens with two attached hydrogens (primary N) is 3. The lowest BCUT2D eigenvalue weighted by atomic mass is 9.97. The maximum Gasteiger partial charge on any atom is 0.326 e. The highest BCUT2D eigenvalue weighted by Gasteiger charge is 2.32. The number of thiol groups is 1. The summed E-state index contributed by atoms with van der Waals surface area (Å²) in [5.74, 6) is -6.04. The molecular weight excluding hydrogens is 709 g/mol. The molecule has 0 fully saturated rings. The zero-order valence-corrected chi connectivity index (χ0v) is 31.6. The Morgan fingerprint density at radius 2 is 1.38 bits per heavy atom. The number of nitrogens with zero attached hydrogens (tertiary/aromatic N) is 1. The van der Waals surface area contributed by atoms with Crippen molar-refractivity contribution in [2.75, 3.05) is 25.4 Å². The number of guanidine groups is 1. The second-order valence-electron chi connectivity index (χ2n) is 13.0. The Balaban J connectivity index is 2.82. The van der Waals surface area contributed by atoms with Gasteiger partial charge in [0.15, 0.2) is 5.96 Å². The summed E-state index contributed by atoms with van der Waals surface area (Å²) in [6.45, 7) is 6.51. The summed E-state index contributed by atoms with van der Waals surface area (Å²) in [6.07, 6.45) is 1.39. The van der Waals surface area contributed by atoms with Crippen LogP contribution in [0.1, 0.15) is 58.9 Å². The van der Waals surface area contributed by atoms with Gasteiger partial charge in [0, 0.05) is 18.7 Å². The number of nitrogens with one attached hydrogen (secondary N) is 6. The number of hydrogen-bond acceptors (Lipinski definition) is 10. The quantitative estimate of drug-likeness (QED) is 0.0234. The standard InChI is InChI=1S/C34H56N10O8S/c1-5-20(4)28(44-27(46)17-39-26(45)16-40-29(47)22(35)12-9-13-38-34(36)37)32(50)43-25(18-53)31(49)41-23(14-19(2)3)30(48)42-24(33(51)52)15-21-10-7-6-8-11-21/h6-8,10-11,19-20,22-25,28,53H,5,9,12-18,35H2,1-4H3,(H,39,45)(H,40,47)(H,41,49)(H,42,48)(H,43,50)(H,44,46)(H,51,52)(H4,36,37,38)/t20-,22-,23-,24-,25-,28-/m0/s1. The molecule has 0 bridgehead atoms. The van der Waals surface area contributed by atoms with Crippen LogP contribution in [0.25, 0.3) is 0 Å². The first-order chi connectivity index (χ1) is 25.0. The van der Waals surface area contributed by atoms with Crippen LogP contribution in [0.5, 0.6) is 0 Å². The van der Waals surface area contributed by atoms with Crippen molar-refractivity contribution >= 4 is 60.0 Å². The maximum atomic E-state index is 13.4. The molecule has 0 aliphatic rings. The topological polar surface area (TPSA) is 302 Å². The van der Waals surface area contributed by atoms with E-state index in [2.05, 4.69) is 49.5 Å². The number of carboxylic acid groups (broad SMARTS) is 1. The molecule has 13 N–H and O–H groups in total. The number of benzene rings is 1. The summed E-state index contributed by atoms with van der Waals surface area (Å²) in [6, 6.07) is 3.17. The van der Waals surface area contributed by atoms with Crippen LogP contribution in [0, 0.1) is 11.8 Å². The Morgan fingerprint density at radius 3 is 1.94 bits per heavy atom. The summed E-state index contributed by atoms with van der Waals surface area (Å²) in [7, 11) is 0. The second kappa shape index (κ2) is 24.4. The molecule has 296 valence electrons. The van der Waals surface area contributed by atoms with Crippen molar-refractivity contribution in [2.24, 2.45) is 34.0 Å². The first-order valence-corrected chi connectivity index (χ1v) is 18.1. The Hall–Kier alpha value is -4.91. The van der Waals surface area contributed by atoms with Crippen LogP contribution < -0.4 is 49.1 Å². The predicted octanol–water partition coefficient (Wildman–Crippen LogP) is -2.11. The van der Waals surface area contributed by atoms with Gasteiger partial charge in [0.05, 0.1) is 19.1 Å². The predicted molar refractivity (Wildman–Crippen MR) is 202 cm³/mol. The Kier molecular flexibility index (Phi) is 21.2. The van der Waals surface area contributed by atoms with Gasteiger partial charge >= 0.3 is 5.97 Å². The summed E-state index contributed by atoms with van der Waals surface area (Å²) in [4.78, 5) is 93.0. The normalized spacial score (nSPS) is 14.2. The van der Waals surface area contributed by atoms with E-state index in [0.717, 1.165) is 0 Å². The third-order valence-corrected chi connectivity index (χ3v) is 8.40. The minimum atomic E-state index is -1.25. The molecule has 18 nitrogen and oxygen atoms in total. The maximum absolute atomic E-state index is 13.4. The van der Waals surface area contributed by atoms with Gasteiger partial charge in [-0.05, 0) is 36.7 Å². The van der Waals surface area contributed by atoms with Gasteiger partial charge in [0.2, 0.25) is 35.4 Å². The number of carbonyl (C=O) groups is 7. The van der Waals surface area contributed by atoms with Crippen molar-refractivity contribution in [3.63, 3.8) is 0 Å². The van der Waals surface area contributed by atoms with Gasteiger partial charge < -0.3 is 54.2 Å². The molecular formula is C34H56N10O8S. The Bertz CT molecular complexity index is 1410. The number of aliphatic carboxylic acids is 1. The smallest absolute Gasteiger partial charge is 0.326 e. The van der Waals surface area contributed by atoms with Crippen LogP contribution in [-0.2, 0) is 40.0 Å².